The Morgan fingerprint density at radius 2 is 1.89 bits per heavy atom. The molecule has 2 heteroatoms. The van der Waals surface area contributed by atoms with Gasteiger partial charge in [-0.2, -0.15) is 0 Å². The van der Waals surface area contributed by atoms with E-state index in [1.54, 1.807) is 0 Å². The summed E-state index contributed by atoms with van der Waals surface area (Å²) in [6, 6.07) is 9.81. The van der Waals surface area contributed by atoms with Gasteiger partial charge in [0.05, 0.1) is 0 Å². The van der Waals surface area contributed by atoms with E-state index in [1.165, 1.54) is 22.2 Å². The fourth-order valence-electron chi connectivity index (χ4n) is 3.34. The summed E-state index contributed by atoms with van der Waals surface area (Å²) in [5, 5.41) is 1.41. The maximum Gasteiger partial charge on any atom is 0.0476 e. The quantitative estimate of drug-likeness (QED) is 0.796. The number of nitrogens with one attached hydrogen (secondary N) is 1. The standard InChI is InChI=1S/C15H20N2.C2H6/c1-4-17-10(2)9-13-12-7-5-6-8-14(12)16-15(13)11(17)3;1-2/h5-8,10-11,16H,4,9H2,1-3H3;1-2H3. The number of H-pyrrole nitrogens is 1. The summed E-state index contributed by atoms with van der Waals surface area (Å²) >= 11 is 0. The van der Waals surface area contributed by atoms with Crippen molar-refractivity contribution in [2.24, 2.45) is 0 Å². The van der Waals surface area contributed by atoms with Crippen LogP contribution >= 0.6 is 0 Å². The van der Waals surface area contributed by atoms with Gasteiger partial charge in [-0.25, -0.2) is 0 Å². The molecule has 2 aromatic rings. The first-order chi connectivity index (χ1) is 9.22. The van der Waals surface area contributed by atoms with Crippen LogP contribution in [-0.2, 0) is 6.42 Å². The number of benzene rings is 1. The van der Waals surface area contributed by atoms with E-state index in [-0.39, 0.29) is 0 Å². The Balaban J connectivity index is 0.000000637. The molecule has 1 aliphatic heterocycles. The van der Waals surface area contributed by atoms with Gasteiger partial charge in [-0.15, -0.1) is 0 Å². The largest absolute Gasteiger partial charge is 0.357 e. The normalized spacial score (nSPS) is 22.8. The predicted octanol–water partition coefficient (Wildman–Crippen LogP) is 4.52. The summed E-state index contributed by atoms with van der Waals surface area (Å²) in [5.74, 6) is 0. The lowest BCUT2D eigenvalue weighted by Gasteiger charge is -2.38. The minimum Gasteiger partial charge on any atom is -0.357 e. The van der Waals surface area contributed by atoms with Gasteiger partial charge in [-0.1, -0.05) is 39.0 Å². The van der Waals surface area contributed by atoms with Crippen molar-refractivity contribution < 1.29 is 0 Å². The van der Waals surface area contributed by atoms with Crippen LogP contribution in [0.25, 0.3) is 10.9 Å². The van der Waals surface area contributed by atoms with Gasteiger partial charge in [0.2, 0.25) is 0 Å². The Kier molecular flexibility index (Phi) is 4.31. The molecule has 3 rings (SSSR count). The SMILES string of the molecule is CC.CCN1C(C)Cc2c([nH]c3ccccc23)C1C. The van der Waals surface area contributed by atoms with Crippen molar-refractivity contribution in [2.75, 3.05) is 6.54 Å². The molecule has 0 bridgehead atoms. The molecule has 0 fully saturated rings. The highest BCUT2D eigenvalue weighted by Gasteiger charge is 2.30. The van der Waals surface area contributed by atoms with Crippen LogP contribution in [0.2, 0.25) is 0 Å². The number of fused-ring (bicyclic) bond motifs is 3. The molecule has 2 nitrogen and oxygen atoms in total. The molecular weight excluding hydrogens is 232 g/mol. The Morgan fingerprint density at radius 1 is 1.21 bits per heavy atom. The van der Waals surface area contributed by atoms with Crippen LogP contribution < -0.4 is 0 Å². The highest BCUT2D eigenvalue weighted by Crippen LogP contribution is 2.36. The second-order valence-corrected chi connectivity index (χ2v) is 5.12. The molecule has 2 atom stereocenters. The fourth-order valence-corrected chi connectivity index (χ4v) is 3.34. The molecule has 0 amide bonds. The van der Waals surface area contributed by atoms with Crippen LogP contribution in [0.4, 0.5) is 0 Å². The van der Waals surface area contributed by atoms with Crippen LogP contribution in [0, 0.1) is 0 Å². The summed E-state index contributed by atoms with van der Waals surface area (Å²) in [6.45, 7) is 12.0. The average molecular weight is 258 g/mol. The zero-order chi connectivity index (χ0) is 14.0. The molecule has 1 aromatic carbocycles. The lowest BCUT2D eigenvalue weighted by molar-refractivity contribution is 0.145. The van der Waals surface area contributed by atoms with Crippen molar-refractivity contribution in [1.82, 2.24) is 9.88 Å². The van der Waals surface area contributed by atoms with Gasteiger partial charge in [-0.3, -0.25) is 4.90 Å². The van der Waals surface area contributed by atoms with Gasteiger partial charge in [0.15, 0.2) is 0 Å². The molecule has 2 heterocycles. The molecule has 19 heavy (non-hydrogen) atoms. The third-order valence-electron chi connectivity index (χ3n) is 4.19. The number of likely N-dealkylation sites (N-methyl/N-ethyl adjacent to an activating group) is 1. The summed E-state index contributed by atoms with van der Waals surface area (Å²) in [4.78, 5) is 6.18. The lowest BCUT2D eigenvalue weighted by Crippen LogP contribution is -2.40. The molecular formula is C17H26N2. The molecule has 0 radical (unpaired) electrons. The third kappa shape index (κ3) is 2.30. The smallest absolute Gasteiger partial charge is 0.0476 e. The van der Waals surface area contributed by atoms with E-state index < -0.39 is 0 Å². The summed E-state index contributed by atoms with van der Waals surface area (Å²) in [7, 11) is 0. The Bertz CT molecular complexity index is 541. The fraction of sp³-hybridized carbons (Fsp3) is 0.529. The minimum atomic E-state index is 0.506. The van der Waals surface area contributed by atoms with Gasteiger partial charge in [0.25, 0.3) is 0 Å². The molecule has 0 saturated heterocycles. The number of nitrogens with zero attached hydrogens (tertiary/aromatic N) is 1. The first-order valence-corrected chi connectivity index (χ1v) is 7.57. The first-order valence-electron chi connectivity index (χ1n) is 7.57. The molecule has 104 valence electrons. The molecule has 0 saturated carbocycles. The van der Waals surface area contributed by atoms with Gasteiger partial charge < -0.3 is 4.98 Å². The van der Waals surface area contributed by atoms with Crippen molar-refractivity contribution in [3.05, 3.63) is 35.5 Å². The van der Waals surface area contributed by atoms with Gasteiger partial charge >= 0.3 is 0 Å². The Labute approximate surface area is 116 Å². The van der Waals surface area contributed by atoms with E-state index in [9.17, 15) is 0 Å². The number of rotatable bonds is 1. The lowest BCUT2D eigenvalue weighted by atomic mass is 9.93. The van der Waals surface area contributed by atoms with Crippen molar-refractivity contribution in [3.63, 3.8) is 0 Å². The summed E-state index contributed by atoms with van der Waals surface area (Å²) in [5.41, 5.74) is 4.24. The maximum atomic E-state index is 3.61. The van der Waals surface area contributed by atoms with Crippen molar-refractivity contribution in [2.45, 2.75) is 53.1 Å². The van der Waals surface area contributed by atoms with E-state index in [4.69, 9.17) is 0 Å². The molecule has 2 unspecified atom stereocenters. The maximum absolute atomic E-state index is 3.61. The van der Waals surface area contributed by atoms with E-state index in [1.807, 2.05) is 13.8 Å². The average Bonchev–Trinajstić information content (AvgIpc) is 2.81. The summed E-state index contributed by atoms with van der Waals surface area (Å²) < 4.78 is 0. The number of para-hydroxylation sites is 1. The van der Waals surface area contributed by atoms with E-state index in [0.717, 1.165) is 13.0 Å². The van der Waals surface area contributed by atoms with Crippen LogP contribution in [0.1, 0.15) is 51.9 Å². The molecule has 1 N–H and O–H groups in total. The Morgan fingerprint density at radius 3 is 2.58 bits per heavy atom. The van der Waals surface area contributed by atoms with Crippen molar-refractivity contribution >= 4 is 10.9 Å². The van der Waals surface area contributed by atoms with E-state index >= 15 is 0 Å². The van der Waals surface area contributed by atoms with Gasteiger partial charge in [0, 0.05) is 28.7 Å². The molecule has 0 aliphatic carbocycles. The second kappa shape index (κ2) is 5.79. The number of hydrogen-bond donors (Lipinski definition) is 1. The number of aromatic amines is 1. The van der Waals surface area contributed by atoms with Crippen molar-refractivity contribution in [3.8, 4) is 0 Å². The van der Waals surface area contributed by atoms with Crippen LogP contribution in [0.3, 0.4) is 0 Å². The van der Waals surface area contributed by atoms with E-state index in [0.29, 0.717) is 12.1 Å². The number of hydrogen-bond acceptors (Lipinski definition) is 1. The van der Waals surface area contributed by atoms with Crippen LogP contribution in [0.15, 0.2) is 24.3 Å². The Hall–Kier alpha value is -1.28. The number of aromatic nitrogens is 1. The minimum absolute atomic E-state index is 0.506. The highest BCUT2D eigenvalue weighted by atomic mass is 15.2. The monoisotopic (exact) mass is 258 g/mol. The van der Waals surface area contributed by atoms with Crippen LogP contribution in [-0.4, -0.2) is 22.5 Å². The van der Waals surface area contributed by atoms with Crippen molar-refractivity contribution in [1.29, 1.82) is 0 Å². The van der Waals surface area contributed by atoms with Crippen LogP contribution in [0.5, 0.6) is 0 Å². The summed E-state index contributed by atoms with van der Waals surface area (Å²) in [6.07, 6.45) is 1.16. The van der Waals surface area contributed by atoms with Gasteiger partial charge in [0.1, 0.15) is 0 Å². The first kappa shape index (κ1) is 14.1. The molecule has 0 spiro atoms. The molecule has 1 aromatic heterocycles. The van der Waals surface area contributed by atoms with E-state index in [2.05, 4.69) is 54.9 Å². The zero-order valence-electron chi connectivity index (χ0n) is 12.8. The van der Waals surface area contributed by atoms with Gasteiger partial charge in [-0.05, 0) is 38.4 Å². The third-order valence-corrected chi connectivity index (χ3v) is 4.19. The molecule has 1 aliphatic rings. The second-order valence-electron chi connectivity index (χ2n) is 5.12. The zero-order valence-corrected chi connectivity index (χ0v) is 12.8. The predicted molar refractivity (Wildman–Crippen MR) is 83.6 cm³/mol. The topological polar surface area (TPSA) is 19.0 Å². The highest BCUT2D eigenvalue weighted by molar-refractivity contribution is 5.85.